The van der Waals surface area contributed by atoms with Gasteiger partial charge in [-0.1, -0.05) is 6.92 Å². The average molecular weight is 280 g/mol. The molecular formula is C10H20N2O5S. The predicted octanol–water partition coefficient (Wildman–Crippen LogP) is -0.217. The minimum atomic E-state index is -3.10. The number of amides is 2. The van der Waals surface area contributed by atoms with Crippen LogP contribution in [0.4, 0.5) is 4.79 Å². The Bertz CT molecular complexity index is 393. The van der Waals surface area contributed by atoms with Crippen LogP contribution in [0.5, 0.6) is 0 Å². The number of carbonyl (C=O) groups is 2. The van der Waals surface area contributed by atoms with Crippen molar-refractivity contribution in [3.63, 3.8) is 0 Å². The van der Waals surface area contributed by atoms with Crippen molar-refractivity contribution in [3.8, 4) is 0 Å². The summed E-state index contributed by atoms with van der Waals surface area (Å²) in [6.45, 7) is 2.07. The van der Waals surface area contributed by atoms with Gasteiger partial charge < -0.3 is 15.3 Å². The van der Waals surface area contributed by atoms with Crippen molar-refractivity contribution in [1.29, 1.82) is 0 Å². The summed E-state index contributed by atoms with van der Waals surface area (Å²) >= 11 is 0. The second-order valence-corrected chi connectivity index (χ2v) is 6.70. The van der Waals surface area contributed by atoms with Crippen LogP contribution in [0.2, 0.25) is 0 Å². The molecule has 0 aromatic heterocycles. The van der Waals surface area contributed by atoms with Crippen molar-refractivity contribution in [1.82, 2.24) is 10.2 Å². The highest BCUT2D eigenvalue weighted by atomic mass is 32.2. The average Bonchev–Trinajstić information content (AvgIpc) is 2.20. The number of carboxylic acid groups (broad SMARTS) is 1. The van der Waals surface area contributed by atoms with E-state index in [4.69, 9.17) is 5.11 Å². The Morgan fingerprint density at radius 2 is 1.94 bits per heavy atom. The lowest BCUT2D eigenvalue weighted by Crippen LogP contribution is -2.41. The lowest BCUT2D eigenvalue weighted by molar-refractivity contribution is -0.137. The maximum Gasteiger partial charge on any atom is 0.317 e. The molecule has 0 heterocycles. The zero-order valence-corrected chi connectivity index (χ0v) is 11.7. The Balaban J connectivity index is 3.98. The molecule has 0 spiro atoms. The highest BCUT2D eigenvalue weighted by molar-refractivity contribution is 7.90. The minimum absolute atomic E-state index is 0.0205. The van der Waals surface area contributed by atoms with Gasteiger partial charge in [0.15, 0.2) is 0 Å². The van der Waals surface area contributed by atoms with Crippen LogP contribution in [-0.4, -0.2) is 62.6 Å². The third kappa shape index (κ3) is 8.80. The lowest BCUT2D eigenvalue weighted by Gasteiger charge is -2.18. The lowest BCUT2D eigenvalue weighted by atomic mass is 10.1. The molecule has 0 saturated heterocycles. The van der Waals surface area contributed by atoms with E-state index in [1.165, 1.54) is 11.9 Å². The van der Waals surface area contributed by atoms with E-state index in [0.717, 1.165) is 6.26 Å². The molecule has 1 unspecified atom stereocenters. The number of carbonyl (C=O) groups excluding carboxylic acids is 1. The maximum atomic E-state index is 11.5. The molecule has 0 aliphatic heterocycles. The second kappa shape index (κ2) is 7.20. The largest absolute Gasteiger partial charge is 0.481 e. The van der Waals surface area contributed by atoms with E-state index < -0.39 is 21.8 Å². The maximum absolute atomic E-state index is 11.5. The van der Waals surface area contributed by atoms with Gasteiger partial charge in [0.25, 0.3) is 0 Å². The zero-order valence-electron chi connectivity index (χ0n) is 10.8. The molecule has 0 bridgehead atoms. The van der Waals surface area contributed by atoms with Gasteiger partial charge in [-0.05, 0) is 5.92 Å². The van der Waals surface area contributed by atoms with Crippen molar-refractivity contribution in [3.05, 3.63) is 0 Å². The van der Waals surface area contributed by atoms with Crippen molar-refractivity contribution < 1.29 is 23.1 Å². The first kappa shape index (κ1) is 16.7. The van der Waals surface area contributed by atoms with Crippen LogP contribution in [-0.2, 0) is 14.6 Å². The summed E-state index contributed by atoms with van der Waals surface area (Å²) in [5.74, 6) is -1.18. The molecule has 7 nitrogen and oxygen atoms in total. The summed E-state index contributed by atoms with van der Waals surface area (Å²) in [7, 11) is -1.61. The Hall–Kier alpha value is -1.31. The monoisotopic (exact) mass is 280 g/mol. The first-order chi connectivity index (χ1) is 8.11. The third-order valence-electron chi connectivity index (χ3n) is 2.27. The molecule has 0 aliphatic carbocycles. The topological polar surface area (TPSA) is 104 Å². The number of rotatable bonds is 7. The molecule has 0 aliphatic rings. The minimum Gasteiger partial charge on any atom is -0.481 e. The van der Waals surface area contributed by atoms with Crippen LogP contribution < -0.4 is 5.32 Å². The van der Waals surface area contributed by atoms with Crippen LogP contribution in [0.3, 0.4) is 0 Å². The molecule has 2 amide bonds. The van der Waals surface area contributed by atoms with Crippen molar-refractivity contribution >= 4 is 21.8 Å². The number of urea groups is 1. The highest BCUT2D eigenvalue weighted by Crippen LogP contribution is 1.99. The number of aliphatic carboxylic acids is 1. The molecule has 1 atom stereocenters. The summed E-state index contributed by atoms with van der Waals surface area (Å²) in [5, 5.41) is 11.1. The standard InChI is InChI=1S/C10H20N2O5S/c1-8(6-9(13)14)7-11-10(15)12(2)4-5-18(3,16)17/h8H,4-7H2,1-3H3,(H,11,15)(H,13,14). The van der Waals surface area contributed by atoms with Crippen molar-refractivity contribution in [2.75, 3.05) is 32.1 Å². The SMILES string of the molecule is CC(CNC(=O)N(C)CCS(C)(=O)=O)CC(=O)O. The van der Waals surface area contributed by atoms with Gasteiger partial charge in [-0.25, -0.2) is 13.2 Å². The first-order valence-corrected chi connectivity index (χ1v) is 7.56. The molecule has 0 aromatic rings. The van der Waals surface area contributed by atoms with E-state index in [0.29, 0.717) is 0 Å². The Morgan fingerprint density at radius 3 is 2.39 bits per heavy atom. The Morgan fingerprint density at radius 1 is 1.39 bits per heavy atom. The van der Waals surface area contributed by atoms with E-state index in [2.05, 4.69) is 5.32 Å². The van der Waals surface area contributed by atoms with Crippen molar-refractivity contribution in [2.45, 2.75) is 13.3 Å². The van der Waals surface area contributed by atoms with Gasteiger partial charge in [0.2, 0.25) is 0 Å². The molecule has 0 aromatic carbocycles. The zero-order chi connectivity index (χ0) is 14.3. The quantitative estimate of drug-likeness (QED) is 0.671. The Labute approximate surface area is 107 Å². The normalized spacial score (nSPS) is 12.8. The Kier molecular flexibility index (Phi) is 6.67. The predicted molar refractivity (Wildman–Crippen MR) is 67.2 cm³/mol. The molecule has 0 fully saturated rings. The molecule has 2 N–H and O–H groups in total. The highest BCUT2D eigenvalue weighted by Gasteiger charge is 2.13. The molecule has 0 rings (SSSR count). The van der Waals surface area contributed by atoms with Crippen LogP contribution in [0.1, 0.15) is 13.3 Å². The van der Waals surface area contributed by atoms with E-state index in [1.54, 1.807) is 6.92 Å². The van der Waals surface area contributed by atoms with E-state index in [9.17, 15) is 18.0 Å². The van der Waals surface area contributed by atoms with Crippen molar-refractivity contribution in [2.24, 2.45) is 5.92 Å². The van der Waals surface area contributed by atoms with Crippen LogP contribution >= 0.6 is 0 Å². The van der Waals surface area contributed by atoms with Crippen LogP contribution in [0.25, 0.3) is 0 Å². The first-order valence-electron chi connectivity index (χ1n) is 5.50. The van der Waals surface area contributed by atoms with Gasteiger partial charge in [0, 0.05) is 32.8 Å². The van der Waals surface area contributed by atoms with Crippen LogP contribution in [0, 0.1) is 5.92 Å². The summed E-state index contributed by atoms with van der Waals surface area (Å²) in [4.78, 5) is 23.2. The fourth-order valence-electron chi connectivity index (χ4n) is 1.17. The van der Waals surface area contributed by atoms with Gasteiger partial charge >= 0.3 is 12.0 Å². The second-order valence-electron chi connectivity index (χ2n) is 4.44. The third-order valence-corrected chi connectivity index (χ3v) is 3.19. The van der Waals surface area contributed by atoms with E-state index in [-0.39, 0.29) is 31.2 Å². The summed E-state index contributed by atoms with van der Waals surface area (Å²) in [6.07, 6.45) is 1.08. The fraction of sp³-hybridized carbons (Fsp3) is 0.800. The number of hydrogen-bond acceptors (Lipinski definition) is 4. The summed E-state index contributed by atoms with van der Waals surface area (Å²) < 4.78 is 21.8. The summed E-state index contributed by atoms with van der Waals surface area (Å²) in [5.41, 5.74) is 0. The van der Waals surface area contributed by atoms with Gasteiger partial charge in [0.1, 0.15) is 9.84 Å². The molecule has 8 heteroatoms. The smallest absolute Gasteiger partial charge is 0.317 e. The molecule has 106 valence electrons. The number of nitrogens with zero attached hydrogens (tertiary/aromatic N) is 1. The van der Waals surface area contributed by atoms with E-state index >= 15 is 0 Å². The van der Waals surface area contributed by atoms with E-state index in [1.807, 2.05) is 0 Å². The molecular weight excluding hydrogens is 260 g/mol. The number of hydrogen-bond donors (Lipinski definition) is 2. The van der Waals surface area contributed by atoms with Gasteiger partial charge in [0.05, 0.1) is 5.75 Å². The van der Waals surface area contributed by atoms with Crippen LogP contribution in [0.15, 0.2) is 0 Å². The van der Waals surface area contributed by atoms with Gasteiger partial charge in [-0.2, -0.15) is 0 Å². The molecule has 18 heavy (non-hydrogen) atoms. The molecule has 0 radical (unpaired) electrons. The fourth-order valence-corrected chi connectivity index (χ4v) is 1.78. The number of nitrogens with one attached hydrogen (secondary N) is 1. The molecule has 0 saturated carbocycles. The number of carboxylic acids is 1. The van der Waals surface area contributed by atoms with Gasteiger partial charge in [-0.3, -0.25) is 4.79 Å². The number of sulfone groups is 1. The van der Waals surface area contributed by atoms with Gasteiger partial charge in [-0.15, -0.1) is 0 Å². The summed E-state index contributed by atoms with van der Waals surface area (Å²) in [6, 6.07) is -0.407.